The van der Waals surface area contributed by atoms with Gasteiger partial charge in [0.05, 0.1) is 23.0 Å². The van der Waals surface area contributed by atoms with Crippen molar-refractivity contribution in [3.8, 4) is 11.5 Å². The topological polar surface area (TPSA) is 73.0 Å². The molecule has 2 aromatic carbocycles. The number of anilines is 1. The van der Waals surface area contributed by atoms with Crippen LogP contribution in [0.3, 0.4) is 0 Å². The van der Waals surface area contributed by atoms with Gasteiger partial charge in [-0.15, -0.1) is 0 Å². The number of benzene rings is 2. The van der Waals surface area contributed by atoms with E-state index in [1.807, 2.05) is 54.6 Å². The first-order chi connectivity index (χ1) is 17.0. The van der Waals surface area contributed by atoms with E-state index < -0.39 is 6.43 Å². The van der Waals surface area contributed by atoms with Gasteiger partial charge >= 0.3 is 0 Å². The lowest BCUT2D eigenvalue weighted by Gasteiger charge is -2.11. The van der Waals surface area contributed by atoms with Gasteiger partial charge in [-0.1, -0.05) is 42.1 Å². The van der Waals surface area contributed by atoms with Crippen LogP contribution in [0, 0.1) is 6.92 Å². The molecule has 0 atom stereocenters. The van der Waals surface area contributed by atoms with Crippen molar-refractivity contribution in [2.75, 3.05) is 5.32 Å². The van der Waals surface area contributed by atoms with Crippen molar-refractivity contribution in [1.29, 1.82) is 0 Å². The van der Waals surface area contributed by atoms with E-state index in [1.165, 1.54) is 28.8 Å². The number of pyridine rings is 1. The van der Waals surface area contributed by atoms with E-state index in [0.29, 0.717) is 17.1 Å². The largest absolute Gasteiger partial charge is 0.463 e. The van der Waals surface area contributed by atoms with Crippen LogP contribution in [0.2, 0.25) is 0 Å². The molecule has 6 nitrogen and oxygen atoms in total. The van der Waals surface area contributed by atoms with Crippen LogP contribution in [0.25, 0.3) is 22.5 Å². The van der Waals surface area contributed by atoms with Gasteiger partial charge in [-0.05, 0) is 49.4 Å². The lowest BCUT2D eigenvalue weighted by atomic mass is 10.1. The molecule has 0 saturated carbocycles. The zero-order chi connectivity index (χ0) is 24.4. The first kappa shape index (κ1) is 22.8. The summed E-state index contributed by atoms with van der Waals surface area (Å²) in [5.41, 5.74) is 1.28. The molecule has 0 aliphatic heterocycles. The minimum absolute atomic E-state index is 0.189. The zero-order valence-corrected chi connectivity index (χ0v) is 19.4. The van der Waals surface area contributed by atoms with Gasteiger partial charge in [0.2, 0.25) is 5.91 Å². The van der Waals surface area contributed by atoms with Crippen molar-refractivity contribution in [2.45, 2.75) is 29.7 Å². The van der Waals surface area contributed by atoms with E-state index in [1.54, 1.807) is 19.1 Å². The highest BCUT2D eigenvalue weighted by atomic mass is 32.2. The minimum Gasteiger partial charge on any atom is -0.463 e. The Morgan fingerprint density at radius 1 is 1.09 bits per heavy atom. The Morgan fingerprint density at radius 2 is 1.86 bits per heavy atom. The van der Waals surface area contributed by atoms with E-state index in [-0.39, 0.29) is 34.7 Å². The van der Waals surface area contributed by atoms with E-state index in [4.69, 9.17) is 4.42 Å². The standard InChI is InChI=1S/C26H20F2N4O2S/c1-16-24-18(25(27)28)14-20(21-11-7-13-34-21)30-26(24)32(31-16)15-23(33)29-19-10-5-6-12-22(19)35-17-8-3-2-4-9-17/h2-14,25H,15H2,1H3,(H,29,33). The van der Waals surface area contributed by atoms with Gasteiger partial charge in [0.15, 0.2) is 11.4 Å². The van der Waals surface area contributed by atoms with Gasteiger partial charge in [-0.2, -0.15) is 5.10 Å². The fraction of sp³-hybridized carbons (Fsp3) is 0.115. The van der Waals surface area contributed by atoms with Crippen LogP contribution in [-0.4, -0.2) is 20.7 Å². The Hall–Kier alpha value is -3.98. The molecule has 35 heavy (non-hydrogen) atoms. The molecule has 9 heteroatoms. The molecule has 0 radical (unpaired) electrons. The number of rotatable bonds is 7. The van der Waals surface area contributed by atoms with Crippen LogP contribution in [0.4, 0.5) is 14.5 Å². The van der Waals surface area contributed by atoms with Crippen molar-refractivity contribution in [1.82, 2.24) is 14.8 Å². The molecule has 3 heterocycles. The molecule has 0 saturated heterocycles. The van der Waals surface area contributed by atoms with Gasteiger partial charge in [0.1, 0.15) is 12.2 Å². The van der Waals surface area contributed by atoms with Gasteiger partial charge in [-0.3, -0.25) is 4.79 Å². The number of halogens is 2. The third-order valence-electron chi connectivity index (χ3n) is 5.34. The summed E-state index contributed by atoms with van der Waals surface area (Å²) < 4.78 is 34.5. The summed E-state index contributed by atoms with van der Waals surface area (Å²) in [4.78, 5) is 19.4. The van der Waals surface area contributed by atoms with E-state index >= 15 is 0 Å². The molecule has 1 N–H and O–H groups in total. The average molecular weight is 491 g/mol. The van der Waals surface area contributed by atoms with E-state index in [2.05, 4.69) is 15.4 Å². The van der Waals surface area contributed by atoms with Crippen LogP contribution < -0.4 is 5.32 Å². The quantitative estimate of drug-likeness (QED) is 0.274. The number of alkyl halides is 2. The monoisotopic (exact) mass is 490 g/mol. The number of hydrogen-bond acceptors (Lipinski definition) is 5. The second-order valence-electron chi connectivity index (χ2n) is 7.78. The zero-order valence-electron chi connectivity index (χ0n) is 18.6. The van der Waals surface area contributed by atoms with Crippen LogP contribution in [0.1, 0.15) is 17.7 Å². The molecule has 3 aromatic heterocycles. The van der Waals surface area contributed by atoms with Crippen LogP contribution in [0.5, 0.6) is 0 Å². The Kier molecular flexibility index (Phi) is 6.33. The Balaban J connectivity index is 1.45. The summed E-state index contributed by atoms with van der Waals surface area (Å²) in [6.07, 6.45) is -1.29. The van der Waals surface area contributed by atoms with Gasteiger partial charge in [0.25, 0.3) is 6.43 Å². The third kappa shape index (κ3) is 4.81. The molecule has 5 rings (SSSR count). The highest BCUT2D eigenvalue weighted by molar-refractivity contribution is 7.99. The second-order valence-corrected chi connectivity index (χ2v) is 8.89. The first-order valence-electron chi connectivity index (χ1n) is 10.8. The fourth-order valence-corrected chi connectivity index (χ4v) is 4.74. The van der Waals surface area contributed by atoms with Crippen molar-refractivity contribution in [2.24, 2.45) is 0 Å². The molecule has 1 amide bonds. The maximum Gasteiger partial charge on any atom is 0.264 e. The molecule has 176 valence electrons. The molecule has 0 fully saturated rings. The lowest BCUT2D eigenvalue weighted by molar-refractivity contribution is -0.116. The maximum absolute atomic E-state index is 13.9. The second kappa shape index (κ2) is 9.71. The molecule has 0 unspecified atom stereocenters. The minimum atomic E-state index is -2.73. The number of para-hydroxylation sites is 1. The van der Waals surface area contributed by atoms with Crippen molar-refractivity contribution in [3.63, 3.8) is 0 Å². The van der Waals surface area contributed by atoms with Crippen LogP contribution >= 0.6 is 11.8 Å². The Labute approximate surface area is 204 Å². The van der Waals surface area contributed by atoms with Crippen LogP contribution in [-0.2, 0) is 11.3 Å². The summed E-state index contributed by atoms with van der Waals surface area (Å²) in [5, 5.41) is 7.51. The summed E-state index contributed by atoms with van der Waals surface area (Å²) in [5.74, 6) is 0.00910. The van der Waals surface area contributed by atoms with Gasteiger partial charge in [0, 0.05) is 15.4 Å². The maximum atomic E-state index is 13.9. The number of aromatic nitrogens is 3. The number of nitrogens with zero attached hydrogens (tertiary/aromatic N) is 3. The smallest absolute Gasteiger partial charge is 0.264 e. The summed E-state index contributed by atoms with van der Waals surface area (Å²) in [6.45, 7) is 1.44. The number of aryl methyl sites for hydroxylation is 1. The number of furan rings is 1. The average Bonchev–Trinajstić information content (AvgIpc) is 3.49. The molecule has 0 bridgehead atoms. The summed E-state index contributed by atoms with van der Waals surface area (Å²) >= 11 is 1.53. The first-order valence-corrected chi connectivity index (χ1v) is 11.6. The van der Waals surface area contributed by atoms with E-state index in [9.17, 15) is 13.6 Å². The molecular formula is C26H20F2N4O2S. The lowest BCUT2D eigenvalue weighted by Crippen LogP contribution is -2.20. The number of hydrogen-bond donors (Lipinski definition) is 1. The predicted molar refractivity (Wildman–Crippen MR) is 131 cm³/mol. The Morgan fingerprint density at radius 3 is 2.60 bits per heavy atom. The number of amides is 1. The SMILES string of the molecule is Cc1nn(CC(=O)Nc2ccccc2Sc2ccccc2)c2nc(-c3ccco3)cc(C(F)F)c12. The highest BCUT2D eigenvalue weighted by Gasteiger charge is 2.22. The highest BCUT2D eigenvalue weighted by Crippen LogP contribution is 2.34. The molecule has 0 spiro atoms. The summed E-state index contributed by atoms with van der Waals surface area (Å²) in [6, 6.07) is 21.9. The number of carbonyl (C=O) groups excluding carboxylic acids is 1. The van der Waals surface area contributed by atoms with Crippen molar-refractivity contribution in [3.05, 3.63) is 90.3 Å². The number of nitrogens with one attached hydrogen (secondary N) is 1. The van der Waals surface area contributed by atoms with Gasteiger partial charge < -0.3 is 9.73 Å². The van der Waals surface area contributed by atoms with Crippen molar-refractivity contribution < 1.29 is 18.0 Å². The fourth-order valence-electron chi connectivity index (χ4n) is 3.82. The Bertz CT molecular complexity index is 1480. The molecule has 0 aliphatic carbocycles. The molecule has 0 aliphatic rings. The van der Waals surface area contributed by atoms with E-state index in [0.717, 1.165) is 9.79 Å². The molecular weight excluding hydrogens is 470 g/mol. The number of fused-ring (bicyclic) bond motifs is 1. The predicted octanol–water partition coefficient (Wildman–Crippen LogP) is 6.73. The number of carbonyl (C=O) groups is 1. The van der Waals surface area contributed by atoms with Crippen LogP contribution in [0.15, 0.2) is 93.3 Å². The normalized spacial score (nSPS) is 11.3. The third-order valence-corrected chi connectivity index (χ3v) is 6.43. The van der Waals surface area contributed by atoms with Gasteiger partial charge in [-0.25, -0.2) is 18.4 Å². The summed E-state index contributed by atoms with van der Waals surface area (Å²) in [7, 11) is 0. The molecule has 5 aromatic rings. The van der Waals surface area contributed by atoms with Crippen molar-refractivity contribution >= 4 is 34.4 Å².